The number of Topliss-reactive ketones (excluding diaryl/α,β-unsaturated/α-hetero) is 3. The number of ketones is 3. The van der Waals surface area contributed by atoms with E-state index in [2.05, 4.69) is 0 Å². The molecule has 0 atom stereocenters. The van der Waals surface area contributed by atoms with Crippen molar-refractivity contribution in [3.05, 3.63) is 0 Å². The van der Waals surface area contributed by atoms with Crippen molar-refractivity contribution in [3.63, 3.8) is 0 Å². The molecule has 0 saturated heterocycles. The van der Waals surface area contributed by atoms with E-state index in [4.69, 9.17) is 5.11 Å². The fourth-order valence-electron chi connectivity index (χ4n) is 1.04. The van der Waals surface area contributed by atoms with Crippen LogP contribution in [0.1, 0.15) is 81.6 Å². The van der Waals surface area contributed by atoms with Gasteiger partial charge in [-0.1, -0.05) is 41.5 Å². The van der Waals surface area contributed by atoms with E-state index in [0.29, 0.717) is 0 Å². The van der Waals surface area contributed by atoms with Crippen LogP contribution in [0.3, 0.4) is 0 Å². The first-order valence-electron chi connectivity index (χ1n) is 10.0. The molecule has 0 aromatic heterocycles. The van der Waals surface area contributed by atoms with Crippen molar-refractivity contribution in [1.29, 1.82) is 0 Å². The summed E-state index contributed by atoms with van der Waals surface area (Å²) in [6.45, 7) is 15.2. The molecule has 0 aromatic rings. The predicted octanol–water partition coefficient (Wildman–Crippen LogP) is -1.17. The van der Waals surface area contributed by atoms with Gasteiger partial charge in [-0.2, -0.15) is 0 Å². The average molecular weight is 509 g/mol. The Morgan fingerprint density at radius 2 is 0.697 bits per heavy atom. The molecular formula is C22H37O10Ti. The summed E-state index contributed by atoms with van der Waals surface area (Å²) in [5.41, 5.74) is -0.500. The third-order valence-corrected chi connectivity index (χ3v) is 2.89. The summed E-state index contributed by atoms with van der Waals surface area (Å²) in [6.07, 6.45) is -1.38. The van der Waals surface area contributed by atoms with Crippen LogP contribution in [0.4, 0.5) is 0 Å². The average Bonchev–Trinajstić information content (AvgIpc) is 2.52. The Balaban J connectivity index is -0.000000107. The first-order chi connectivity index (χ1) is 14.1. The van der Waals surface area contributed by atoms with Crippen LogP contribution in [0.25, 0.3) is 0 Å². The maximum Gasteiger partial charge on any atom is 3.00 e. The Bertz CT molecular complexity index is 535. The standard InChI is InChI=1S/3C6H10O3.C4H10O.Ti/c3*1-4(2)5(7)3-6(8)9;1-4(2,3)5;/h3*4H,3H2,1-2H3,(H,8,9);5H,1-3H3;/q;;;;+3/p-3. The third-order valence-electron chi connectivity index (χ3n) is 2.89. The van der Waals surface area contributed by atoms with Crippen molar-refractivity contribution in [1.82, 2.24) is 0 Å². The van der Waals surface area contributed by atoms with Crippen molar-refractivity contribution in [2.24, 2.45) is 17.8 Å². The summed E-state index contributed by atoms with van der Waals surface area (Å²) in [6, 6.07) is 0. The Labute approximate surface area is 211 Å². The van der Waals surface area contributed by atoms with Crippen LogP contribution in [0.2, 0.25) is 0 Å². The first-order valence-corrected chi connectivity index (χ1v) is 10.0. The van der Waals surface area contributed by atoms with Crippen LogP contribution in [0, 0.1) is 17.8 Å². The number of rotatable bonds is 9. The number of carboxylic acid groups (broad SMARTS) is 3. The first kappa shape index (κ1) is 41.4. The number of hydrogen-bond acceptors (Lipinski definition) is 10. The SMILES string of the molecule is CC(C)(C)O.CC(C)C(=O)CC(=O)[O-].CC(C)C(=O)CC(=O)[O-].CC(C)C(=O)CC(=O)[O-].[Ti+3]. The van der Waals surface area contributed by atoms with Gasteiger partial charge in [0.1, 0.15) is 17.3 Å². The van der Waals surface area contributed by atoms with Gasteiger partial charge in [0.25, 0.3) is 0 Å². The van der Waals surface area contributed by atoms with E-state index in [0.717, 1.165) is 0 Å². The minimum absolute atomic E-state index is 0. The van der Waals surface area contributed by atoms with Gasteiger partial charge >= 0.3 is 21.7 Å². The molecule has 0 aliphatic carbocycles. The molecule has 0 aliphatic heterocycles. The van der Waals surface area contributed by atoms with Crippen LogP contribution in [-0.2, 0) is 50.5 Å². The van der Waals surface area contributed by atoms with E-state index < -0.39 is 42.8 Å². The summed E-state index contributed by atoms with van der Waals surface area (Å²) in [5.74, 6) is -5.36. The van der Waals surface area contributed by atoms with Gasteiger partial charge in [0.2, 0.25) is 0 Å². The zero-order valence-corrected chi connectivity index (χ0v) is 22.5. The van der Waals surface area contributed by atoms with E-state index in [-0.39, 0.29) is 56.8 Å². The summed E-state index contributed by atoms with van der Waals surface area (Å²) in [7, 11) is 0. The monoisotopic (exact) mass is 509 g/mol. The molecule has 0 bridgehead atoms. The van der Waals surface area contributed by atoms with Gasteiger partial charge in [-0.15, -0.1) is 0 Å². The Kier molecular flexibility index (Phi) is 27.5. The quantitative estimate of drug-likeness (QED) is 0.292. The second-order valence-corrected chi connectivity index (χ2v) is 8.68. The molecule has 0 aromatic carbocycles. The Morgan fingerprint density at radius 1 is 0.576 bits per heavy atom. The van der Waals surface area contributed by atoms with Crippen molar-refractivity contribution in [2.45, 2.75) is 87.2 Å². The summed E-state index contributed by atoms with van der Waals surface area (Å²) in [5, 5.41) is 37.9. The summed E-state index contributed by atoms with van der Waals surface area (Å²) < 4.78 is 0. The number of hydrogen-bond donors (Lipinski definition) is 1. The second-order valence-electron chi connectivity index (χ2n) is 8.68. The summed E-state index contributed by atoms with van der Waals surface area (Å²) >= 11 is 0. The molecule has 189 valence electrons. The molecule has 10 nitrogen and oxygen atoms in total. The van der Waals surface area contributed by atoms with Crippen molar-refractivity contribution < 1.29 is 70.9 Å². The van der Waals surface area contributed by atoms with Crippen molar-refractivity contribution >= 4 is 35.3 Å². The molecule has 0 fully saturated rings. The topological polar surface area (TPSA) is 192 Å². The molecule has 11 heteroatoms. The molecule has 0 unspecified atom stereocenters. The molecular weight excluding hydrogens is 472 g/mol. The molecule has 0 saturated carbocycles. The van der Waals surface area contributed by atoms with E-state index in [1.54, 1.807) is 62.3 Å². The molecule has 33 heavy (non-hydrogen) atoms. The molecule has 1 radical (unpaired) electrons. The van der Waals surface area contributed by atoms with Crippen LogP contribution in [-0.4, -0.2) is 46.0 Å². The maximum atomic E-state index is 10.5. The van der Waals surface area contributed by atoms with E-state index >= 15 is 0 Å². The van der Waals surface area contributed by atoms with E-state index in [9.17, 15) is 44.1 Å². The molecule has 0 aliphatic rings. The Morgan fingerprint density at radius 3 is 0.727 bits per heavy atom. The zero-order valence-electron chi connectivity index (χ0n) is 21.0. The van der Waals surface area contributed by atoms with Gasteiger partial charge in [0, 0.05) is 54.9 Å². The van der Waals surface area contributed by atoms with Gasteiger partial charge in [-0.3, -0.25) is 14.4 Å². The minimum atomic E-state index is -1.30. The van der Waals surface area contributed by atoms with Gasteiger partial charge < -0.3 is 34.8 Å². The normalized spacial score (nSPS) is 9.73. The van der Waals surface area contributed by atoms with Gasteiger partial charge in [0.15, 0.2) is 0 Å². The van der Waals surface area contributed by atoms with Gasteiger partial charge in [-0.25, -0.2) is 0 Å². The van der Waals surface area contributed by atoms with Crippen molar-refractivity contribution in [2.75, 3.05) is 0 Å². The minimum Gasteiger partial charge on any atom is -0.550 e. The fraction of sp³-hybridized carbons (Fsp3) is 0.727. The van der Waals surface area contributed by atoms with Gasteiger partial charge in [0.05, 0.1) is 5.60 Å². The van der Waals surface area contributed by atoms with E-state index in [1.165, 1.54) is 0 Å². The smallest absolute Gasteiger partial charge is 0.550 e. The second kappa shape index (κ2) is 21.9. The van der Waals surface area contributed by atoms with Gasteiger partial charge in [-0.05, 0) is 20.8 Å². The molecule has 0 heterocycles. The fourth-order valence-corrected chi connectivity index (χ4v) is 1.04. The van der Waals surface area contributed by atoms with Crippen LogP contribution in [0.15, 0.2) is 0 Å². The number of carbonyl (C=O) groups excluding carboxylic acids is 6. The maximum absolute atomic E-state index is 10.5. The number of carboxylic acids is 3. The summed E-state index contributed by atoms with van der Waals surface area (Å²) in [4.78, 5) is 60.9. The van der Waals surface area contributed by atoms with Crippen LogP contribution >= 0.6 is 0 Å². The number of carbonyl (C=O) groups is 6. The predicted molar refractivity (Wildman–Crippen MR) is 110 cm³/mol. The zero-order chi connectivity index (χ0) is 26.8. The third kappa shape index (κ3) is 48.7. The van der Waals surface area contributed by atoms with E-state index in [1.807, 2.05) is 0 Å². The largest absolute Gasteiger partial charge is 3.00 e. The number of aliphatic hydroxyl groups is 1. The number of aliphatic carboxylic acids is 3. The molecule has 1 N–H and O–H groups in total. The van der Waals surface area contributed by atoms with Crippen LogP contribution in [0.5, 0.6) is 0 Å². The Hall–Kier alpha value is -1.91. The molecule has 0 rings (SSSR count). The molecule has 0 spiro atoms. The molecule has 0 amide bonds. The van der Waals surface area contributed by atoms with Crippen LogP contribution < -0.4 is 15.3 Å². The van der Waals surface area contributed by atoms with Crippen molar-refractivity contribution in [3.8, 4) is 0 Å².